The lowest BCUT2D eigenvalue weighted by atomic mass is 10.1. The van der Waals surface area contributed by atoms with E-state index in [0.29, 0.717) is 25.8 Å². The van der Waals surface area contributed by atoms with Gasteiger partial charge in [0.2, 0.25) is 5.91 Å². The van der Waals surface area contributed by atoms with Crippen molar-refractivity contribution in [2.75, 3.05) is 38.5 Å². The van der Waals surface area contributed by atoms with Gasteiger partial charge < -0.3 is 14.8 Å². The molecule has 4 rings (SSSR count). The Morgan fingerprint density at radius 2 is 2.10 bits per heavy atom. The highest BCUT2D eigenvalue weighted by molar-refractivity contribution is 7.91. The van der Waals surface area contributed by atoms with Gasteiger partial charge in [0, 0.05) is 68.1 Å². The Kier molecular flexibility index (Phi) is 5.97. The summed E-state index contributed by atoms with van der Waals surface area (Å²) in [6, 6.07) is 2.11. The van der Waals surface area contributed by atoms with Crippen LogP contribution in [0.2, 0.25) is 0 Å². The molecule has 1 spiro atoms. The first-order valence-electron chi connectivity index (χ1n) is 11.3. The summed E-state index contributed by atoms with van der Waals surface area (Å²) in [5.41, 5.74) is 2.52. The maximum Gasteiger partial charge on any atom is 0.222 e. The molecule has 0 aromatic carbocycles. The summed E-state index contributed by atoms with van der Waals surface area (Å²) < 4.78 is 24.5. The van der Waals surface area contributed by atoms with Crippen molar-refractivity contribution in [1.29, 1.82) is 0 Å². The molecule has 0 bridgehead atoms. The molecule has 2 aliphatic heterocycles. The van der Waals surface area contributed by atoms with E-state index in [1.54, 1.807) is 6.92 Å². The van der Waals surface area contributed by atoms with Gasteiger partial charge in [-0.25, -0.2) is 8.42 Å². The Morgan fingerprint density at radius 3 is 2.83 bits per heavy atom. The van der Waals surface area contributed by atoms with Crippen LogP contribution in [0.25, 0.3) is 5.70 Å². The molecule has 7 nitrogen and oxygen atoms in total. The van der Waals surface area contributed by atoms with Crippen molar-refractivity contribution in [2.24, 2.45) is 10.4 Å². The van der Waals surface area contributed by atoms with Crippen LogP contribution in [0, 0.1) is 5.41 Å². The molecular formula is C22H34N4O3S. The molecule has 1 atom stereocenters. The molecule has 166 valence electrons. The topological polar surface area (TPSA) is 85.8 Å². The fourth-order valence-electron chi connectivity index (χ4n) is 4.69. The Hall–Kier alpha value is -1.83. The largest absolute Gasteiger partial charge is 0.372 e. The van der Waals surface area contributed by atoms with Crippen molar-refractivity contribution >= 4 is 21.4 Å². The number of carbonyl (C=O) groups is 1. The Bertz CT molecular complexity index is 1010. The summed E-state index contributed by atoms with van der Waals surface area (Å²) >= 11 is 0. The number of fused-ring (bicyclic) bond motifs is 1. The molecule has 0 radical (unpaired) electrons. The summed E-state index contributed by atoms with van der Waals surface area (Å²) in [7, 11) is -3.09. The van der Waals surface area contributed by atoms with Crippen molar-refractivity contribution < 1.29 is 13.2 Å². The highest BCUT2D eigenvalue weighted by Gasteiger charge is 2.47. The second-order valence-corrected chi connectivity index (χ2v) is 11.8. The molecule has 2 fully saturated rings. The summed E-state index contributed by atoms with van der Waals surface area (Å²) in [6.45, 7) is 7.79. The molecule has 3 aliphatic rings. The average molecular weight is 435 g/mol. The first-order chi connectivity index (χ1) is 14.3. The van der Waals surface area contributed by atoms with Gasteiger partial charge in [-0.3, -0.25) is 9.79 Å². The standard InChI is InChI=1S/C22H34N4O3S/c1-3-17(2)30(28,29)14-4-5-20(27)26-13-12-25(15-22(16-26)8-9-22)19-7-11-24-21-18(19)6-10-23-21/h6,10,17H,3-5,7-9,11-16H2,1-2H3,(H,23,24). The first kappa shape index (κ1) is 21.4. The highest BCUT2D eigenvalue weighted by Crippen LogP contribution is 2.48. The molecule has 1 aromatic rings. The summed E-state index contributed by atoms with van der Waals surface area (Å²) in [6.07, 6.45) is 6.58. The third-order valence-electron chi connectivity index (χ3n) is 7.05. The number of aromatic amines is 1. The van der Waals surface area contributed by atoms with Crippen molar-refractivity contribution in [3.8, 4) is 0 Å². The van der Waals surface area contributed by atoms with E-state index in [0.717, 1.165) is 50.9 Å². The molecule has 1 saturated heterocycles. The zero-order valence-corrected chi connectivity index (χ0v) is 19.0. The van der Waals surface area contributed by atoms with Gasteiger partial charge in [-0.05, 0) is 38.7 Å². The lowest BCUT2D eigenvalue weighted by Crippen LogP contribution is -2.39. The van der Waals surface area contributed by atoms with Gasteiger partial charge in [-0.1, -0.05) is 6.92 Å². The van der Waals surface area contributed by atoms with E-state index in [1.807, 2.05) is 18.0 Å². The average Bonchev–Trinajstić information content (AvgIpc) is 3.37. The molecule has 1 saturated carbocycles. The molecule has 1 N–H and O–H groups in total. The third kappa shape index (κ3) is 4.43. The number of rotatable bonds is 7. The molecule has 1 aromatic heterocycles. The number of H-pyrrole nitrogens is 1. The first-order valence-corrected chi connectivity index (χ1v) is 13.0. The number of hydrogen-bond donors (Lipinski definition) is 1. The minimum Gasteiger partial charge on any atom is -0.372 e. The van der Waals surface area contributed by atoms with Crippen LogP contribution in [0.5, 0.6) is 0 Å². The van der Waals surface area contributed by atoms with Crippen molar-refractivity contribution in [1.82, 2.24) is 14.8 Å². The number of amides is 1. The smallest absolute Gasteiger partial charge is 0.222 e. The minimum absolute atomic E-state index is 0.105. The van der Waals surface area contributed by atoms with Crippen LogP contribution in [-0.4, -0.2) is 72.8 Å². The Labute approximate surface area is 179 Å². The van der Waals surface area contributed by atoms with E-state index in [-0.39, 0.29) is 22.3 Å². The summed E-state index contributed by atoms with van der Waals surface area (Å²) in [5.74, 6) is 0.213. The van der Waals surface area contributed by atoms with Gasteiger partial charge in [0.1, 0.15) is 5.49 Å². The molecular weight excluding hydrogens is 400 g/mol. The van der Waals surface area contributed by atoms with Crippen LogP contribution >= 0.6 is 0 Å². The second-order valence-electron chi connectivity index (χ2n) is 9.24. The fraction of sp³-hybridized carbons (Fsp3) is 0.727. The zero-order valence-electron chi connectivity index (χ0n) is 18.2. The highest BCUT2D eigenvalue weighted by atomic mass is 32.2. The SMILES string of the molecule is CCC(C)S(=O)(=O)CCCC(=O)N1CCN(C2=c3cc[nH]c3=NCC2)CC2(CC2)C1. The second kappa shape index (κ2) is 8.36. The Balaban J connectivity index is 1.41. The van der Waals surface area contributed by atoms with Crippen LogP contribution in [0.1, 0.15) is 52.4 Å². The van der Waals surface area contributed by atoms with Crippen molar-refractivity contribution in [2.45, 2.75) is 57.6 Å². The van der Waals surface area contributed by atoms with Crippen LogP contribution in [-0.2, 0) is 14.6 Å². The van der Waals surface area contributed by atoms with Crippen LogP contribution in [0.3, 0.4) is 0 Å². The zero-order chi connectivity index (χ0) is 21.4. The van der Waals surface area contributed by atoms with E-state index in [1.165, 1.54) is 10.9 Å². The minimum atomic E-state index is -3.09. The van der Waals surface area contributed by atoms with Crippen molar-refractivity contribution in [3.63, 3.8) is 0 Å². The van der Waals surface area contributed by atoms with Crippen LogP contribution in [0.15, 0.2) is 17.3 Å². The molecule has 30 heavy (non-hydrogen) atoms. The van der Waals surface area contributed by atoms with E-state index in [2.05, 4.69) is 20.9 Å². The number of nitrogens with one attached hydrogen (secondary N) is 1. The molecule has 1 aliphatic carbocycles. The van der Waals surface area contributed by atoms with E-state index < -0.39 is 9.84 Å². The molecule has 1 unspecified atom stereocenters. The van der Waals surface area contributed by atoms with Gasteiger partial charge in [0.15, 0.2) is 9.84 Å². The quantitative estimate of drug-likeness (QED) is 0.695. The van der Waals surface area contributed by atoms with E-state index in [9.17, 15) is 13.2 Å². The lowest BCUT2D eigenvalue weighted by Gasteiger charge is -2.29. The summed E-state index contributed by atoms with van der Waals surface area (Å²) in [5, 5.41) is 0.874. The number of hydrogen-bond acceptors (Lipinski definition) is 5. The molecule has 8 heteroatoms. The Morgan fingerprint density at radius 1 is 1.30 bits per heavy atom. The third-order valence-corrected chi connectivity index (χ3v) is 9.46. The van der Waals surface area contributed by atoms with E-state index in [4.69, 9.17) is 0 Å². The molecule has 1 amide bonds. The number of sulfone groups is 1. The normalized spacial score (nSPS) is 21.7. The predicted molar refractivity (Wildman–Crippen MR) is 117 cm³/mol. The summed E-state index contributed by atoms with van der Waals surface area (Å²) in [4.78, 5) is 25.2. The number of carbonyl (C=O) groups excluding carboxylic acids is 1. The maximum absolute atomic E-state index is 12.9. The number of nitrogens with zero attached hydrogens (tertiary/aromatic N) is 3. The lowest BCUT2D eigenvalue weighted by molar-refractivity contribution is -0.131. The number of aromatic nitrogens is 1. The van der Waals surface area contributed by atoms with Gasteiger partial charge >= 0.3 is 0 Å². The van der Waals surface area contributed by atoms with Crippen molar-refractivity contribution in [3.05, 3.63) is 23.0 Å². The van der Waals surface area contributed by atoms with Crippen LogP contribution in [0.4, 0.5) is 0 Å². The molecule has 3 heterocycles. The van der Waals surface area contributed by atoms with Gasteiger partial charge in [-0.2, -0.15) is 0 Å². The van der Waals surface area contributed by atoms with Gasteiger partial charge in [0.25, 0.3) is 0 Å². The van der Waals surface area contributed by atoms with E-state index >= 15 is 0 Å². The maximum atomic E-state index is 12.9. The monoisotopic (exact) mass is 434 g/mol. The fourth-order valence-corrected chi connectivity index (χ4v) is 6.15. The van der Waals surface area contributed by atoms with Gasteiger partial charge in [-0.15, -0.1) is 0 Å². The predicted octanol–water partition coefficient (Wildman–Crippen LogP) is 1.06. The van der Waals surface area contributed by atoms with Crippen LogP contribution < -0.4 is 10.7 Å². The van der Waals surface area contributed by atoms with Gasteiger partial charge in [0.05, 0.1) is 11.0 Å².